The van der Waals surface area contributed by atoms with Crippen LogP contribution in [0.15, 0.2) is 29.2 Å². The number of ketones is 1. The van der Waals surface area contributed by atoms with Gasteiger partial charge in [0.25, 0.3) is 0 Å². The summed E-state index contributed by atoms with van der Waals surface area (Å²) in [4.78, 5) is 24.4. The van der Waals surface area contributed by atoms with Gasteiger partial charge in [-0.3, -0.25) is 9.59 Å². The zero-order valence-corrected chi connectivity index (χ0v) is 10.8. The van der Waals surface area contributed by atoms with Crippen molar-refractivity contribution in [1.82, 2.24) is 0 Å². The number of rotatable bonds is 5. The predicted molar refractivity (Wildman–Crippen MR) is 68.1 cm³/mol. The van der Waals surface area contributed by atoms with Crippen LogP contribution < -0.4 is 0 Å². The number of ether oxygens (including phenoxy) is 1. The summed E-state index contributed by atoms with van der Waals surface area (Å²) in [6.45, 7) is 1.98. The van der Waals surface area contributed by atoms with Gasteiger partial charge >= 0.3 is 5.97 Å². The fourth-order valence-corrected chi connectivity index (χ4v) is 2.47. The van der Waals surface area contributed by atoms with Crippen molar-refractivity contribution in [3.63, 3.8) is 0 Å². The lowest BCUT2D eigenvalue weighted by Crippen LogP contribution is -2.54. The first-order valence-corrected chi connectivity index (χ1v) is 6.67. The molecule has 5 heteroatoms. The molecule has 0 spiro atoms. The van der Waals surface area contributed by atoms with Gasteiger partial charge in [0, 0.05) is 10.5 Å². The maximum Gasteiger partial charge on any atom is 0.322 e. The number of hydrogen-bond donors (Lipinski definition) is 1. The van der Waals surface area contributed by atoms with Crippen LogP contribution in [0, 0.1) is 5.41 Å². The summed E-state index contributed by atoms with van der Waals surface area (Å²) >= 11 is 1.68. The Morgan fingerprint density at radius 3 is 2.33 bits per heavy atom. The smallest absolute Gasteiger partial charge is 0.322 e. The Labute approximate surface area is 109 Å². The summed E-state index contributed by atoms with van der Waals surface area (Å²) in [6, 6.07) is 7.06. The van der Waals surface area contributed by atoms with Gasteiger partial charge in [-0.05, 0) is 17.9 Å². The van der Waals surface area contributed by atoms with Gasteiger partial charge in [0.15, 0.2) is 11.2 Å². The molecule has 0 radical (unpaired) electrons. The number of hydrogen-bond acceptors (Lipinski definition) is 4. The Balaban J connectivity index is 2.20. The van der Waals surface area contributed by atoms with Crippen molar-refractivity contribution in [2.75, 3.05) is 19.0 Å². The van der Waals surface area contributed by atoms with Crippen LogP contribution in [0.1, 0.15) is 17.3 Å². The largest absolute Gasteiger partial charge is 0.480 e. The van der Waals surface area contributed by atoms with E-state index in [4.69, 9.17) is 9.84 Å². The first-order valence-electron chi connectivity index (χ1n) is 5.69. The van der Waals surface area contributed by atoms with E-state index >= 15 is 0 Å². The maximum atomic E-state index is 12.2. The summed E-state index contributed by atoms with van der Waals surface area (Å²) in [5.74, 6) is -0.514. The first-order chi connectivity index (χ1) is 8.60. The van der Waals surface area contributed by atoms with E-state index in [0.717, 1.165) is 10.6 Å². The molecule has 4 nitrogen and oxygen atoms in total. The Kier molecular flexibility index (Phi) is 3.73. The molecular formula is C13H14O4S. The minimum absolute atomic E-state index is 0.0351. The minimum Gasteiger partial charge on any atom is -0.480 e. The normalized spacial score (nSPS) is 16.9. The van der Waals surface area contributed by atoms with Crippen LogP contribution in [-0.4, -0.2) is 35.8 Å². The molecule has 0 amide bonds. The molecule has 1 N–H and O–H groups in total. The van der Waals surface area contributed by atoms with E-state index in [1.54, 1.807) is 23.9 Å². The Morgan fingerprint density at radius 1 is 1.33 bits per heavy atom. The van der Waals surface area contributed by atoms with Gasteiger partial charge in [0.05, 0.1) is 13.2 Å². The minimum atomic E-state index is -1.38. The van der Waals surface area contributed by atoms with Crippen molar-refractivity contribution in [3.05, 3.63) is 29.8 Å². The Hall–Kier alpha value is -1.33. The quantitative estimate of drug-likeness (QED) is 0.502. The number of thioether (sulfide) groups is 1. The number of benzene rings is 1. The van der Waals surface area contributed by atoms with Gasteiger partial charge in [-0.15, -0.1) is 11.8 Å². The Bertz CT molecular complexity index is 462. The van der Waals surface area contributed by atoms with E-state index in [1.807, 2.05) is 12.1 Å². The zero-order valence-electron chi connectivity index (χ0n) is 10.0. The summed E-state index contributed by atoms with van der Waals surface area (Å²) < 4.78 is 4.90. The van der Waals surface area contributed by atoms with E-state index in [-0.39, 0.29) is 19.0 Å². The van der Waals surface area contributed by atoms with Gasteiger partial charge in [0.1, 0.15) is 0 Å². The van der Waals surface area contributed by atoms with Crippen molar-refractivity contribution in [2.24, 2.45) is 5.41 Å². The highest BCUT2D eigenvalue weighted by atomic mass is 32.2. The third kappa shape index (κ3) is 2.15. The average Bonchev–Trinajstić information content (AvgIpc) is 2.28. The standard InChI is InChI=1S/C13H14O4S/c1-2-18-10-5-3-9(4-6-10)11(14)13(12(15)16)7-17-8-13/h3-6H,2,7-8H2,1H3,(H,15,16). The monoisotopic (exact) mass is 266 g/mol. The van der Waals surface area contributed by atoms with Crippen LogP contribution in [0.25, 0.3) is 0 Å². The second kappa shape index (κ2) is 5.12. The van der Waals surface area contributed by atoms with E-state index in [0.29, 0.717) is 5.56 Å². The molecule has 2 rings (SSSR count). The summed E-state index contributed by atoms with van der Waals surface area (Å²) in [7, 11) is 0. The number of carboxylic acid groups (broad SMARTS) is 1. The van der Waals surface area contributed by atoms with Gasteiger partial charge in [-0.25, -0.2) is 0 Å². The number of aliphatic carboxylic acids is 1. The summed E-state index contributed by atoms with van der Waals surface area (Å²) in [5, 5.41) is 9.15. The molecule has 1 fully saturated rings. The van der Waals surface area contributed by atoms with Gasteiger partial charge in [-0.1, -0.05) is 19.1 Å². The van der Waals surface area contributed by atoms with Crippen LogP contribution in [0.2, 0.25) is 0 Å². The zero-order chi connectivity index (χ0) is 13.2. The SMILES string of the molecule is CCSc1ccc(C(=O)C2(C(=O)O)COC2)cc1. The average molecular weight is 266 g/mol. The molecule has 0 bridgehead atoms. The first kappa shape index (κ1) is 13.1. The topological polar surface area (TPSA) is 63.6 Å². The van der Waals surface area contributed by atoms with Crippen LogP contribution >= 0.6 is 11.8 Å². The fourth-order valence-electron chi connectivity index (χ4n) is 1.80. The van der Waals surface area contributed by atoms with E-state index in [9.17, 15) is 9.59 Å². The molecular weight excluding hydrogens is 252 g/mol. The van der Waals surface area contributed by atoms with Crippen LogP contribution in [0.3, 0.4) is 0 Å². The fraction of sp³-hybridized carbons (Fsp3) is 0.385. The molecule has 96 valence electrons. The molecule has 1 saturated heterocycles. The molecule has 1 heterocycles. The van der Waals surface area contributed by atoms with Crippen molar-refractivity contribution < 1.29 is 19.4 Å². The van der Waals surface area contributed by atoms with Crippen LogP contribution in [0.4, 0.5) is 0 Å². The lowest BCUT2D eigenvalue weighted by atomic mass is 9.78. The molecule has 1 aliphatic rings. The molecule has 18 heavy (non-hydrogen) atoms. The third-order valence-electron chi connectivity index (χ3n) is 2.97. The summed E-state index contributed by atoms with van der Waals surface area (Å²) in [6.07, 6.45) is 0. The van der Waals surface area contributed by atoms with Crippen molar-refractivity contribution in [2.45, 2.75) is 11.8 Å². The second-order valence-corrected chi connectivity index (χ2v) is 5.50. The van der Waals surface area contributed by atoms with Crippen LogP contribution in [-0.2, 0) is 9.53 Å². The van der Waals surface area contributed by atoms with E-state index in [2.05, 4.69) is 6.92 Å². The molecule has 1 aromatic rings. The molecule has 0 aliphatic carbocycles. The number of carbonyl (C=O) groups is 2. The number of carboxylic acids is 1. The molecule has 1 aliphatic heterocycles. The van der Waals surface area contributed by atoms with Gasteiger partial charge in [-0.2, -0.15) is 0 Å². The molecule has 1 aromatic carbocycles. The number of Topliss-reactive ketones (excluding diaryl/α,β-unsaturated/α-hetero) is 1. The predicted octanol–water partition coefficient (Wildman–Crippen LogP) is 2.08. The van der Waals surface area contributed by atoms with Crippen LogP contribution in [0.5, 0.6) is 0 Å². The summed E-state index contributed by atoms with van der Waals surface area (Å²) in [5.41, 5.74) is -0.944. The number of carbonyl (C=O) groups excluding carboxylic acids is 1. The van der Waals surface area contributed by atoms with Gasteiger partial charge < -0.3 is 9.84 Å². The second-order valence-electron chi connectivity index (χ2n) is 4.17. The van der Waals surface area contributed by atoms with Crippen molar-refractivity contribution in [1.29, 1.82) is 0 Å². The van der Waals surface area contributed by atoms with E-state index < -0.39 is 11.4 Å². The molecule has 0 aromatic heterocycles. The Morgan fingerprint density at radius 2 is 1.94 bits per heavy atom. The molecule has 0 saturated carbocycles. The third-order valence-corrected chi connectivity index (χ3v) is 3.86. The highest BCUT2D eigenvalue weighted by Crippen LogP contribution is 2.32. The van der Waals surface area contributed by atoms with Crippen molar-refractivity contribution >= 4 is 23.5 Å². The molecule has 0 atom stereocenters. The van der Waals surface area contributed by atoms with E-state index in [1.165, 1.54) is 0 Å². The highest BCUT2D eigenvalue weighted by molar-refractivity contribution is 7.99. The highest BCUT2D eigenvalue weighted by Gasteiger charge is 2.53. The van der Waals surface area contributed by atoms with Crippen molar-refractivity contribution in [3.8, 4) is 0 Å². The maximum absolute atomic E-state index is 12.2. The lowest BCUT2D eigenvalue weighted by molar-refractivity contribution is -0.168. The van der Waals surface area contributed by atoms with Gasteiger partial charge in [0.2, 0.25) is 0 Å². The lowest BCUT2D eigenvalue weighted by Gasteiger charge is -2.35. The molecule has 0 unspecified atom stereocenters.